The third kappa shape index (κ3) is 7.37. The van der Waals surface area contributed by atoms with Gasteiger partial charge in [-0.15, -0.1) is 0 Å². The van der Waals surface area contributed by atoms with Gasteiger partial charge in [0.15, 0.2) is 6.29 Å². The number of benzene rings is 2. The summed E-state index contributed by atoms with van der Waals surface area (Å²) in [5.41, 5.74) is 0.223. The monoisotopic (exact) mass is 512 g/mol. The predicted molar refractivity (Wildman–Crippen MR) is 126 cm³/mol. The van der Waals surface area contributed by atoms with Crippen molar-refractivity contribution in [2.24, 2.45) is 0 Å². The molecule has 1 aliphatic rings. The van der Waals surface area contributed by atoms with E-state index >= 15 is 0 Å². The molecule has 3 rings (SSSR count). The summed E-state index contributed by atoms with van der Waals surface area (Å²) in [6.45, 7) is -0.241. The minimum atomic E-state index is -3.82. The minimum absolute atomic E-state index is 0.116. The average Bonchev–Trinajstić information content (AvgIpc) is 3.12. The molecular weight excluding hydrogens is 480 g/mol. The fourth-order valence-corrected chi connectivity index (χ4v) is 4.13. The van der Waals surface area contributed by atoms with E-state index in [4.69, 9.17) is 32.6 Å². The van der Waals surface area contributed by atoms with Gasteiger partial charge >= 0.3 is 0 Å². The number of hydrogen-bond acceptors (Lipinski definition) is 10. The molecule has 10 nitrogen and oxygen atoms in total. The van der Waals surface area contributed by atoms with Crippen LogP contribution in [0.4, 0.5) is 0 Å². The van der Waals surface area contributed by atoms with Crippen molar-refractivity contribution in [1.82, 2.24) is 0 Å². The van der Waals surface area contributed by atoms with Crippen molar-refractivity contribution in [3.63, 3.8) is 0 Å². The van der Waals surface area contributed by atoms with Gasteiger partial charge in [-0.3, -0.25) is 4.18 Å². The number of rotatable bonds is 13. The molecule has 11 heteroatoms. The molecule has 2 aromatic carbocycles. The highest BCUT2D eigenvalue weighted by atomic mass is 32.2. The van der Waals surface area contributed by atoms with E-state index in [1.165, 1.54) is 7.11 Å². The van der Waals surface area contributed by atoms with Crippen molar-refractivity contribution in [2.45, 2.75) is 37.3 Å². The largest absolute Gasteiger partial charge is 0.497 e. The van der Waals surface area contributed by atoms with Crippen molar-refractivity contribution in [1.29, 1.82) is 0 Å². The van der Waals surface area contributed by atoms with Gasteiger partial charge in [0.1, 0.15) is 35.9 Å². The molecule has 0 amide bonds. The molecule has 0 bridgehead atoms. The number of aliphatic hydroxyl groups is 1. The lowest BCUT2D eigenvalue weighted by molar-refractivity contribution is -0.206. The van der Waals surface area contributed by atoms with Gasteiger partial charge in [-0.1, -0.05) is 24.3 Å². The Morgan fingerprint density at radius 1 is 0.886 bits per heavy atom. The maximum Gasteiger partial charge on any atom is 0.264 e. The van der Waals surface area contributed by atoms with E-state index in [1.54, 1.807) is 38.5 Å². The first-order chi connectivity index (χ1) is 16.7. The molecule has 1 fully saturated rings. The van der Waals surface area contributed by atoms with E-state index in [0.717, 1.165) is 17.4 Å². The fourth-order valence-electron chi connectivity index (χ4n) is 3.71. The molecule has 1 aliphatic heterocycles. The van der Waals surface area contributed by atoms with Gasteiger partial charge < -0.3 is 33.5 Å². The topological polar surface area (TPSA) is 119 Å². The highest BCUT2D eigenvalue weighted by Crippen LogP contribution is 2.36. The third-order valence-corrected chi connectivity index (χ3v) is 6.12. The molecule has 1 heterocycles. The van der Waals surface area contributed by atoms with E-state index in [-0.39, 0.29) is 19.8 Å². The molecule has 0 saturated carbocycles. The molecule has 1 N–H and O–H groups in total. The van der Waals surface area contributed by atoms with Crippen molar-refractivity contribution in [3.8, 4) is 11.5 Å². The maximum atomic E-state index is 11.8. The summed E-state index contributed by atoms with van der Waals surface area (Å²) < 4.78 is 62.2. The Kier molecular flexibility index (Phi) is 9.47. The number of methoxy groups -OCH3 is 3. The molecule has 194 valence electrons. The van der Waals surface area contributed by atoms with Gasteiger partial charge in [0.05, 0.1) is 40.3 Å². The van der Waals surface area contributed by atoms with Crippen LogP contribution in [0.2, 0.25) is 0 Å². The summed E-state index contributed by atoms with van der Waals surface area (Å²) in [6.07, 6.45) is -2.35. The Hall–Kier alpha value is -2.25. The molecule has 0 spiro atoms. The van der Waals surface area contributed by atoms with E-state index in [2.05, 4.69) is 0 Å². The van der Waals surface area contributed by atoms with Crippen molar-refractivity contribution in [3.05, 3.63) is 59.7 Å². The third-order valence-electron chi connectivity index (χ3n) is 5.57. The first kappa shape index (κ1) is 27.3. The second-order valence-corrected chi connectivity index (χ2v) is 9.81. The zero-order valence-corrected chi connectivity index (χ0v) is 21.0. The zero-order chi connectivity index (χ0) is 25.5. The summed E-state index contributed by atoms with van der Waals surface area (Å²) in [7, 11) is 0.715. The standard InChI is InChI=1S/C24H32O10S/c1-28-19-9-5-17(6-10-19)13-31-15-24(16-33-35(4,26)27)22(21(25)23(30-3)34-24)32-14-18-7-11-20(29-2)12-8-18/h5-12,21-23,25H,13-16H2,1-4H3/t21-,22+,23-,24+/m1/s1. The molecule has 35 heavy (non-hydrogen) atoms. The first-order valence-electron chi connectivity index (χ1n) is 10.9. The van der Waals surface area contributed by atoms with Gasteiger partial charge in [-0.2, -0.15) is 8.42 Å². The predicted octanol–water partition coefficient (Wildman–Crippen LogP) is 1.88. The second kappa shape index (κ2) is 12.1. The normalized spacial score (nSPS) is 24.4. The SMILES string of the molecule is COc1ccc(COC[C@@]2(COS(C)(=O)=O)O[C@@H](OC)[C@H](O)[C@@H]2OCc2ccc(OC)cc2)cc1. The quantitative estimate of drug-likeness (QED) is 0.399. The van der Waals surface area contributed by atoms with Gasteiger partial charge in [0.2, 0.25) is 0 Å². The van der Waals surface area contributed by atoms with Crippen LogP contribution in [0.5, 0.6) is 11.5 Å². The van der Waals surface area contributed by atoms with Crippen LogP contribution in [0.1, 0.15) is 11.1 Å². The number of hydrogen-bond donors (Lipinski definition) is 1. The van der Waals surface area contributed by atoms with E-state index in [9.17, 15) is 13.5 Å². The van der Waals surface area contributed by atoms with Gasteiger partial charge in [0.25, 0.3) is 10.1 Å². The number of ether oxygens (including phenoxy) is 6. The van der Waals surface area contributed by atoms with Crippen LogP contribution >= 0.6 is 0 Å². The Morgan fingerprint density at radius 2 is 1.43 bits per heavy atom. The fraction of sp³-hybridized carbons (Fsp3) is 0.500. The Balaban J connectivity index is 1.78. The molecule has 0 aliphatic carbocycles. The van der Waals surface area contributed by atoms with Crippen molar-refractivity contribution < 1.29 is 46.1 Å². The van der Waals surface area contributed by atoms with Crippen molar-refractivity contribution >= 4 is 10.1 Å². The summed E-state index contributed by atoms with van der Waals surface area (Å²) in [4.78, 5) is 0. The van der Waals surface area contributed by atoms with Gasteiger partial charge in [-0.05, 0) is 35.4 Å². The van der Waals surface area contributed by atoms with Gasteiger partial charge in [-0.25, -0.2) is 0 Å². The summed E-state index contributed by atoms with van der Waals surface area (Å²) in [5, 5.41) is 10.9. The van der Waals surface area contributed by atoms with Crippen LogP contribution in [0.3, 0.4) is 0 Å². The van der Waals surface area contributed by atoms with Crippen LogP contribution in [-0.2, 0) is 46.5 Å². The highest BCUT2D eigenvalue weighted by molar-refractivity contribution is 7.85. The Morgan fingerprint density at radius 3 is 1.91 bits per heavy atom. The summed E-state index contributed by atoms with van der Waals surface area (Å²) in [5.74, 6) is 1.41. The molecule has 0 aromatic heterocycles. The molecule has 1 saturated heterocycles. The van der Waals surface area contributed by atoms with Crippen LogP contribution < -0.4 is 9.47 Å². The Bertz CT molecular complexity index is 1030. The first-order valence-corrected chi connectivity index (χ1v) is 12.7. The Labute approximate surface area is 205 Å². The van der Waals surface area contributed by atoms with Crippen molar-refractivity contribution in [2.75, 3.05) is 40.8 Å². The minimum Gasteiger partial charge on any atom is -0.497 e. The van der Waals surface area contributed by atoms with Crippen LogP contribution in [0.25, 0.3) is 0 Å². The average molecular weight is 513 g/mol. The molecule has 0 radical (unpaired) electrons. The molecule has 0 unspecified atom stereocenters. The lowest BCUT2D eigenvalue weighted by atomic mass is 9.96. The van der Waals surface area contributed by atoms with E-state index < -0.39 is 40.8 Å². The zero-order valence-electron chi connectivity index (χ0n) is 20.2. The van der Waals surface area contributed by atoms with Crippen LogP contribution in [-0.4, -0.2) is 78.4 Å². The molecule has 2 aromatic rings. The van der Waals surface area contributed by atoms with E-state index in [0.29, 0.717) is 11.5 Å². The summed E-state index contributed by atoms with van der Waals surface area (Å²) >= 11 is 0. The van der Waals surface area contributed by atoms with E-state index in [1.807, 2.05) is 24.3 Å². The van der Waals surface area contributed by atoms with Crippen LogP contribution in [0, 0.1) is 0 Å². The smallest absolute Gasteiger partial charge is 0.264 e. The molecular formula is C24H32O10S. The maximum absolute atomic E-state index is 11.8. The summed E-state index contributed by atoms with van der Waals surface area (Å²) in [6, 6.07) is 14.5. The lowest BCUT2D eigenvalue weighted by Crippen LogP contribution is -2.52. The number of aliphatic hydroxyl groups excluding tert-OH is 1. The lowest BCUT2D eigenvalue weighted by Gasteiger charge is -2.33. The highest BCUT2D eigenvalue weighted by Gasteiger charge is 2.57. The molecule has 4 atom stereocenters. The van der Waals surface area contributed by atoms with Crippen LogP contribution in [0.15, 0.2) is 48.5 Å². The second-order valence-electron chi connectivity index (χ2n) is 8.16. The van der Waals surface area contributed by atoms with Gasteiger partial charge in [0, 0.05) is 7.11 Å².